The van der Waals surface area contributed by atoms with Crippen molar-refractivity contribution in [1.82, 2.24) is 0 Å². The number of hydrogen-bond donors (Lipinski definition) is 4. The zero-order chi connectivity index (χ0) is 13.9. The first-order valence-electron chi connectivity index (χ1n) is 4.79. The van der Waals surface area contributed by atoms with Crippen LogP contribution in [0.3, 0.4) is 0 Å². The van der Waals surface area contributed by atoms with Crippen LogP contribution in [-0.2, 0) is 0 Å². The summed E-state index contributed by atoms with van der Waals surface area (Å²) in [6.45, 7) is 1.56. The van der Waals surface area contributed by atoms with Gasteiger partial charge in [-0.25, -0.2) is 14.2 Å². The Morgan fingerprint density at radius 3 is 2.44 bits per heavy atom. The van der Waals surface area contributed by atoms with Crippen molar-refractivity contribution in [1.29, 1.82) is 0 Å². The maximum atomic E-state index is 13.4. The lowest BCUT2D eigenvalue weighted by atomic mass is 10.1. The quantitative estimate of drug-likeness (QED) is 0.435. The number of hydrogen-bond acceptors (Lipinski definition) is 2. The molecule has 0 spiro atoms. The Kier molecular flexibility index (Phi) is 3.82. The van der Waals surface area contributed by atoms with Gasteiger partial charge in [-0.15, -0.1) is 0 Å². The van der Waals surface area contributed by atoms with Crippen molar-refractivity contribution in [3.8, 4) is 0 Å². The maximum absolute atomic E-state index is 13.4. The number of benzene rings is 1. The Balaban J connectivity index is 3.45. The number of nitrogens with zero attached hydrogens (tertiary/aromatic N) is 2. The smallest absolute Gasteiger partial charge is 0.340 e. The molecule has 8 heteroatoms. The van der Waals surface area contributed by atoms with E-state index in [-0.39, 0.29) is 17.6 Å². The third-order valence-corrected chi connectivity index (χ3v) is 2.01. The number of aliphatic imine (C=N–C) groups is 2. The van der Waals surface area contributed by atoms with Crippen molar-refractivity contribution in [3.63, 3.8) is 0 Å². The van der Waals surface area contributed by atoms with Crippen LogP contribution in [0.4, 0.5) is 10.1 Å². The Labute approximate surface area is 102 Å². The van der Waals surface area contributed by atoms with Gasteiger partial charge in [0.05, 0.1) is 5.69 Å². The minimum absolute atomic E-state index is 0.120. The van der Waals surface area contributed by atoms with Gasteiger partial charge in [-0.1, -0.05) is 6.07 Å². The topological polar surface area (TPSA) is 140 Å². The molecule has 0 saturated carbocycles. The summed E-state index contributed by atoms with van der Waals surface area (Å²) >= 11 is 0. The fourth-order valence-corrected chi connectivity index (χ4v) is 1.29. The van der Waals surface area contributed by atoms with Crippen LogP contribution < -0.4 is 17.2 Å². The molecular weight excluding hydrogens is 241 g/mol. The summed E-state index contributed by atoms with van der Waals surface area (Å²) in [6, 6.07) is 2.41. The van der Waals surface area contributed by atoms with Crippen LogP contribution in [0.15, 0.2) is 22.1 Å². The number of nitrogens with two attached hydrogens (primary N) is 3. The zero-order valence-corrected chi connectivity index (χ0v) is 9.51. The third kappa shape index (κ3) is 2.94. The molecule has 0 bridgehead atoms. The fourth-order valence-electron chi connectivity index (χ4n) is 1.29. The highest BCUT2D eigenvalue weighted by Gasteiger charge is 2.18. The molecule has 0 amide bonds. The SMILES string of the molecule is Cc1ccc(F)c(C(=O)O)c1N=C(N)N=C(N)N. The average Bonchev–Trinajstić information content (AvgIpc) is 2.21. The van der Waals surface area contributed by atoms with Gasteiger partial charge >= 0.3 is 5.97 Å². The lowest BCUT2D eigenvalue weighted by Crippen LogP contribution is -2.26. The van der Waals surface area contributed by atoms with Gasteiger partial charge in [0.1, 0.15) is 11.4 Å². The van der Waals surface area contributed by atoms with Crippen LogP contribution >= 0.6 is 0 Å². The van der Waals surface area contributed by atoms with E-state index in [9.17, 15) is 9.18 Å². The summed E-state index contributed by atoms with van der Waals surface area (Å²) in [5.74, 6) is -3.05. The summed E-state index contributed by atoms with van der Waals surface area (Å²) in [5, 5.41) is 8.93. The van der Waals surface area contributed by atoms with Crippen LogP contribution in [0, 0.1) is 12.7 Å². The van der Waals surface area contributed by atoms with Crippen LogP contribution in [0.25, 0.3) is 0 Å². The van der Waals surface area contributed by atoms with E-state index < -0.39 is 17.3 Å². The summed E-state index contributed by atoms with van der Waals surface area (Å²) in [7, 11) is 0. The van der Waals surface area contributed by atoms with E-state index in [1.807, 2.05) is 0 Å². The molecule has 0 aliphatic rings. The molecule has 0 radical (unpaired) electrons. The van der Waals surface area contributed by atoms with E-state index >= 15 is 0 Å². The Hall–Kier alpha value is -2.64. The molecule has 7 nitrogen and oxygen atoms in total. The van der Waals surface area contributed by atoms with Crippen LogP contribution in [0.2, 0.25) is 0 Å². The molecule has 0 unspecified atom stereocenters. The summed E-state index contributed by atoms with van der Waals surface area (Å²) < 4.78 is 13.4. The number of guanidine groups is 2. The maximum Gasteiger partial charge on any atom is 0.340 e. The Bertz CT molecular complexity index is 549. The molecule has 18 heavy (non-hydrogen) atoms. The molecule has 1 aromatic carbocycles. The molecule has 7 N–H and O–H groups in total. The zero-order valence-electron chi connectivity index (χ0n) is 9.51. The Morgan fingerprint density at radius 1 is 1.33 bits per heavy atom. The van der Waals surface area contributed by atoms with Crippen LogP contribution in [0.1, 0.15) is 15.9 Å². The van der Waals surface area contributed by atoms with Gasteiger partial charge in [0, 0.05) is 0 Å². The van der Waals surface area contributed by atoms with Gasteiger partial charge in [-0.2, -0.15) is 4.99 Å². The van der Waals surface area contributed by atoms with Crippen molar-refractivity contribution in [2.45, 2.75) is 6.92 Å². The second-order valence-electron chi connectivity index (χ2n) is 3.40. The Morgan fingerprint density at radius 2 is 1.94 bits per heavy atom. The molecule has 0 atom stereocenters. The van der Waals surface area contributed by atoms with E-state index in [1.54, 1.807) is 6.92 Å². The van der Waals surface area contributed by atoms with Crippen molar-refractivity contribution < 1.29 is 14.3 Å². The normalized spacial score (nSPS) is 11.1. The minimum Gasteiger partial charge on any atom is -0.478 e. The molecule has 0 heterocycles. The van der Waals surface area contributed by atoms with Crippen molar-refractivity contribution in [2.75, 3.05) is 0 Å². The van der Waals surface area contributed by atoms with Gasteiger partial charge in [0.25, 0.3) is 0 Å². The first kappa shape index (κ1) is 13.4. The predicted octanol–water partition coefficient (Wildman–Crippen LogP) is 0.0519. The first-order chi connectivity index (χ1) is 8.32. The molecule has 1 aromatic rings. The second kappa shape index (κ2) is 5.13. The molecule has 96 valence electrons. The van der Waals surface area contributed by atoms with E-state index in [0.717, 1.165) is 6.07 Å². The lowest BCUT2D eigenvalue weighted by molar-refractivity contribution is 0.0693. The molecular formula is C10H12FN5O2. The highest BCUT2D eigenvalue weighted by molar-refractivity contribution is 5.98. The number of halogens is 1. The van der Waals surface area contributed by atoms with E-state index in [2.05, 4.69) is 9.98 Å². The third-order valence-electron chi connectivity index (χ3n) is 2.01. The monoisotopic (exact) mass is 253 g/mol. The van der Waals surface area contributed by atoms with Crippen molar-refractivity contribution in [2.24, 2.45) is 27.2 Å². The number of carboxylic acid groups (broad SMARTS) is 1. The molecule has 0 aromatic heterocycles. The number of aryl methyl sites for hydroxylation is 1. The van der Waals surface area contributed by atoms with Gasteiger partial charge < -0.3 is 22.3 Å². The number of carboxylic acids is 1. The van der Waals surface area contributed by atoms with E-state index in [1.165, 1.54) is 6.07 Å². The summed E-state index contributed by atoms with van der Waals surface area (Å²) in [6.07, 6.45) is 0. The van der Waals surface area contributed by atoms with Gasteiger partial charge in [-0.05, 0) is 18.6 Å². The summed E-state index contributed by atoms with van der Waals surface area (Å²) in [4.78, 5) is 18.1. The average molecular weight is 253 g/mol. The molecule has 0 aliphatic carbocycles. The fraction of sp³-hybridized carbons (Fsp3) is 0.100. The van der Waals surface area contributed by atoms with E-state index in [4.69, 9.17) is 22.3 Å². The van der Waals surface area contributed by atoms with Gasteiger partial charge in [0.15, 0.2) is 5.96 Å². The molecule has 0 fully saturated rings. The van der Waals surface area contributed by atoms with Crippen LogP contribution in [0.5, 0.6) is 0 Å². The van der Waals surface area contributed by atoms with Gasteiger partial charge in [0.2, 0.25) is 5.96 Å². The molecule has 0 aliphatic heterocycles. The van der Waals surface area contributed by atoms with E-state index in [0.29, 0.717) is 5.56 Å². The number of rotatable bonds is 2. The van der Waals surface area contributed by atoms with Crippen LogP contribution in [-0.4, -0.2) is 23.0 Å². The lowest BCUT2D eigenvalue weighted by Gasteiger charge is -2.06. The first-order valence-corrected chi connectivity index (χ1v) is 4.79. The van der Waals surface area contributed by atoms with Gasteiger partial charge in [-0.3, -0.25) is 0 Å². The number of carbonyl (C=O) groups is 1. The highest BCUT2D eigenvalue weighted by atomic mass is 19.1. The molecule has 0 saturated heterocycles. The predicted molar refractivity (Wildman–Crippen MR) is 65.2 cm³/mol. The summed E-state index contributed by atoms with van der Waals surface area (Å²) in [5.41, 5.74) is 15.3. The largest absolute Gasteiger partial charge is 0.478 e. The standard InChI is InChI=1S/C10H12FN5O2/c1-4-2-3-5(11)6(8(17)18)7(4)15-10(14)16-9(12)13/h2-3H,1H3,(H,17,18)(H6,12,13,14,15,16). The van der Waals surface area contributed by atoms with Crippen molar-refractivity contribution in [3.05, 3.63) is 29.1 Å². The minimum atomic E-state index is -1.45. The van der Waals surface area contributed by atoms with Crippen molar-refractivity contribution >= 4 is 23.6 Å². The highest BCUT2D eigenvalue weighted by Crippen LogP contribution is 2.26. The molecule has 1 rings (SSSR count). The second-order valence-corrected chi connectivity index (χ2v) is 3.40. The number of aromatic carboxylic acids is 1.